The summed E-state index contributed by atoms with van der Waals surface area (Å²) in [7, 11) is 0. The highest BCUT2D eigenvalue weighted by Gasteiger charge is 2.19. The Morgan fingerprint density at radius 3 is 2.78 bits per heavy atom. The average molecular weight is 241 g/mol. The van der Waals surface area contributed by atoms with E-state index in [1.165, 1.54) is 17.5 Å². The van der Waals surface area contributed by atoms with Gasteiger partial charge in [-0.3, -0.25) is 0 Å². The molecule has 1 unspecified atom stereocenters. The lowest BCUT2D eigenvalue weighted by Crippen LogP contribution is -2.08. The topological polar surface area (TPSA) is 40.7 Å². The van der Waals surface area contributed by atoms with E-state index in [4.69, 9.17) is 0 Å². The molecular formula is C15H19N3. The zero-order valence-corrected chi connectivity index (χ0v) is 10.7. The molecule has 1 aliphatic rings. The van der Waals surface area contributed by atoms with E-state index in [2.05, 4.69) is 46.5 Å². The smallest absolute Gasteiger partial charge is 0.110 e. The van der Waals surface area contributed by atoms with E-state index in [0.29, 0.717) is 5.92 Å². The Morgan fingerprint density at radius 1 is 1.28 bits per heavy atom. The Bertz CT molecular complexity index is 507. The second-order valence-electron chi connectivity index (χ2n) is 4.92. The van der Waals surface area contributed by atoms with Gasteiger partial charge in [0.2, 0.25) is 0 Å². The van der Waals surface area contributed by atoms with E-state index in [-0.39, 0.29) is 0 Å². The molecule has 0 amide bonds. The Kier molecular flexibility index (Phi) is 3.15. The highest BCUT2D eigenvalue weighted by Crippen LogP contribution is 2.23. The van der Waals surface area contributed by atoms with Crippen LogP contribution in [0.15, 0.2) is 30.5 Å². The summed E-state index contributed by atoms with van der Waals surface area (Å²) >= 11 is 0. The van der Waals surface area contributed by atoms with Crippen LogP contribution in [0.2, 0.25) is 0 Å². The molecule has 0 radical (unpaired) electrons. The first-order valence-electron chi connectivity index (χ1n) is 6.71. The molecule has 0 bridgehead atoms. The normalized spacial score (nSPS) is 19.3. The maximum Gasteiger partial charge on any atom is 0.110 e. The number of benzene rings is 1. The molecule has 0 spiro atoms. The molecule has 3 heteroatoms. The quantitative estimate of drug-likeness (QED) is 0.867. The van der Waals surface area contributed by atoms with E-state index in [1.54, 1.807) is 0 Å². The SMILES string of the molecule is CCc1ccc(-c2cnc(C3CCNC3)[nH]2)cc1. The molecule has 3 nitrogen and oxygen atoms in total. The monoisotopic (exact) mass is 241 g/mol. The van der Waals surface area contributed by atoms with E-state index >= 15 is 0 Å². The fourth-order valence-corrected chi connectivity index (χ4v) is 2.50. The van der Waals surface area contributed by atoms with Crippen molar-refractivity contribution in [3.8, 4) is 11.3 Å². The number of hydrogen-bond donors (Lipinski definition) is 2. The number of aromatic nitrogens is 2. The highest BCUT2D eigenvalue weighted by atomic mass is 15.0. The number of imidazole rings is 1. The molecule has 1 aromatic carbocycles. The first-order valence-corrected chi connectivity index (χ1v) is 6.71. The van der Waals surface area contributed by atoms with Gasteiger partial charge >= 0.3 is 0 Å². The van der Waals surface area contributed by atoms with Gasteiger partial charge in [0.25, 0.3) is 0 Å². The zero-order chi connectivity index (χ0) is 12.4. The molecule has 2 N–H and O–H groups in total. The van der Waals surface area contributed by atoms with Gasteiger partial charge in [-0.1, -0.05) is 31.2 Å². The first-order chi connectivity index (χ1) is 8.86. The van der Waals surface area contributed by atoms with E-state index in [0.717, 1.165) is 31.0 Å². The lowest BCUT2D eigenvalue weighted by atomic mass is 10.1. The highest BCUT2D eigenvalue weighted by molar-refractivity contribution is 5.58. The van der Waals surface area contributed by atoms with Crippen LogP contribution in [0.25, 0.3) is 11.3 Å². The van der Waals surface area contributed by atoms with Crippen molar-refractivity contribution >= 4 is 0 Å². The van der Waals surface area contributed by atoms with Gasteiger partial charge in [0.05, 0.1) is 11.9 Å². The maximum atomic E-state index is 4.52. The van der Waals surface area contributed by atoms with Crippen LogP contribution >= 0.6 is 0 Å². The van der Waals surface area contributed by atoms with Crippen molar-refractivity contribution in [1.29, 1.82) is 0 Å². The third-order valence-corrected chi connectivity index (χ3v) is 3.72. The van der Waals surface area contributed by atoms with Crippen LogP contribution in [0, 0.1) is 0 Å². The van der Waals surface area contributed by atoms with Gasteiger partial charge in [-0.25, -0.2) is 4.98 Å². The lowest BCUT2D eigenvalue weighted by Gasteiger charge is -2.03. The van der Waals surface area contributed by atoms with Crippen LogP contribution in [-0.2, 0) is 6.42 Å². The molecule has 2 aromatic rings. The van der Waals surface area contributed by atoms with Crippen molar-refractivity contribution in [2.24, 2.45) is 0 Å². The third-order valence-electron chi connectivity index (χ3n) is 3.72. The minimum absolute atomic E-state index is 0.550. The van der Waals surface area contributed by atoms with Crippen molar-refractivity contribution in [2.75, 3.05) is 13.1 Å². The average Bonchev–Trinajstić information content (AvgIpc) is 3.09. The lowest BCUT2D eigenvalue weighted by molar-refractivity contribution is 0.715. The van der Waals surface area contributed by atoms with Crippen molar-refractivity contribution in [3.63, 3.8) is 0 Å². The summed E-state index contributed by atoms with van der Waals surface area (Å²) in [4.78, 5) is 7.98. The molecule has 0 saturated carbocycles. The van der Waals surface area contributed by atoms with Gasteiger partial charge in [0.1, 0.15) is 5.82 Å². The Labute approximate surface area is 108 Å². The van der Waals surface area contributed by atoms with Crippen LogP contribution in [0.4, 0.5) is 0 Å². The van der Waals surface area contributed by atoms with Gasteiger partial charge in [0.15, 0.2) is 0 Å². The minimum Gasteiger partial charge on any atom is -0.342 e. The summed E-state index contributed by atoms with van der Waals surface area (Å²) < 4.78 is 0. The molecule has 3 rings (SSSR count). The number of rotatable bonds is 3. The van der Waals surface area contributed by atoms with Crippen molar-refractivity contribution in [2.45, 2.75) is 25.7 Å². The second kappa shape index (κ2) is 4.94. The standard InChI is InChI=1S/C15H19N3/c1-2-11-3-5-12(6-4-11)14-10-17-15(18-14)13-7-8-16-9-13/h3-6,10,13,16H,2,7-9H2,1H3,(H,17,18). The Morgan fingerprint density at radius 2 is 2.11 bits per heavy atom. The van der Waals surface area contributed by atoms with Crippen LogP contribution in [0.3, 0.4) is 0 Å². The van der Waals surface area contributed by atoms with Gasteiger partial charge in [0, 0.05) is 12.5 Å². The second-order valence-corrected chi connectivity index (χ2v) is 4.92. The summed E-state index contributed by atoms with van der Waals surface area (Å²) in [5.74, 6) is 1.67. The van der Waals surface area contributed by atoms with Gasteiger partial charge in [-0.2, -0.15) is 0 Å². The molecule has 0 aliphatic carbocycles. The summed E-state index contributed by atoms with van der Waals surface area (Å²) in [6.45, 7) is 4.32. The molecule has 1 atom stereocenters. The van der Waals surface area contributed by atoms with Crippen LogP contribution in [0.1, 0.15) is 30.7 Å². The number of nitrogens with zero attached hydrogens (tertiary/aromatic N) is 1. The molecule has 1 aromatic heterocycles. The molecule has 1 fully saturated rings. The molecule has 18 heavy (non-hydrogen) atoms. The van der Waals surface area contributed by atoms with Crippen LogP contribution in [-0.4, -0.2) is 23.1 Å². The number of aromatic amines is 1. The summed E-state index contributed by atoms with van der Waals surface area (Å²) in [6, 6.07) is 8.71. The number of aryl methyl sites for hydroxylation is 1. The van der Waals surface area contributed by atoms with Crippen molar-refractivity contribution < 1.29 is 0 Å². The molecule has 1 aliphatic heterocycles. The van der Waals surface area contributed by atoms with Crippen LogP contribution < -0.4 is 5.32 Å². The third kappa shape index (κ3) is 2.18. The summed E-state index contributed by atoms with van der Waals surface area (Å²) in [5, 5.41) is 3.37. The van der Waals surface area contributed by atoms with Gasteiger partial charge in [-0.05, 0) is 30.5 Å². The number of hydrogen-bond acceptors (Lipinski definition) is 2. The summed E-state index contributed by atoms with van der Waals surface area (Å²) in [5.41, 5.74) is 3.72. The maximum absolute atomic E-state index is 4.52. The van der Waals surface area contributed by atoms with Crippen molar-refractivity contribution in [3.05, 3.63) is 41.9 Å². The largest absolute Gasteiger partial charge is 0.342 e. The first kappa shape index (κ1) is 11.5. The van der Waals surface area contributed by atoms with E-state index < -0.39 is 0 Å². The van der Waals surface area contributed by atoms with Crippen molar-refractivity contribution in [1.82, 2.24) is 15.3 Å². The predicted octanol–water partition coefficient (Wildman–Crippen LogP) is 2.72. The van der Waals surface area contributed by atoms with E-state index in [1.807, 2.05) is 6.20 Å². The van der Waals surface area contributed by atoms with Crippen LogP contribution in [0.5, 0.6) is 0 Å². The van der Waals surface area contributed by atoms with E-state index in [9.17, 15) is 0 Å². The molecule has 94 valence electrons. The van der Waals surface area contributed by atoms with Gasteiger partial charge in [-0.15, -0.1) is 0 Å². The fourth-order valence-electron chi connectivity index (χ4n) is 2.50. The molecule has 1 saturated heterocycles. The molecule has 2 heterocycles. The zero-order valence-electron chi connectivity index (χ0n) is 10.7. The van der Waals surface area contributed by atoms with Gasteiger partial charge < -0.3 is 10.3 Å². The predicted molar refractivity (Wildman–Crippen MR) is 73.6 cm³/mol. The Hall–Kier alpha value is -1.61. The minimum atomic E-state index is 0.550. The number of nitrogens with one attached hydrogen (secondary N) is 2. The fraction of sp³-hybridized carbons (Fsp3) is 0.400. The number of H-pyrrole nitrogens is 1. The molecular weight excluding hydrogens is 222 g/mol. The summed E-state index contributed by atoms with van der Waals surface area (Å²) in [6.07, 6.45) is 4.22. The Balaban J connectivity index is 1.82.